The number of carboxylic acid groups (broad SMARTS) is 1. The van der Waals surface area contributed by atoms with E-state index in [0.29, 0.717) is 22.5 Å². The first-order chi connectivity index (χ1) is 14.8. The van der Waals surface area contributed by atoms with E-state index in [4.69, 9.17) is 4.74 Å². The Morgan fingerprint density at radius 3 is 2.77 bits per heavy atom. The molecule has 1 aliphatic carbocycles. The summed E-state index contributed by atoms with van der Waals surface area (Å²) in [6.07, 6.45) is 0.335. The predicted molar refractivity (Wildman–Crippen MR) is 112 cm³/mol. The molecule has 0 spiro atoms. The van der Waals surface area contributed by atoms with Gasteiger partial charge in [-0.15, -0.1) is 0 Å². The van der Waals surface area contributed by atoms with Crippen LogP contribution < -0.4 is 4.74 Å². The second-order valence-corrected chi connectivity index (χ2v) is 7.99. The van der Waals surface area contributed by atoms with E-state index in [1.54, 1.807) is 30.3 Å². The molecule has 31 heavy (non-hydrogen) atoms. The molecule has 2 atom stereocenters. The molecule has 2 N–H and O–H groups in total. The summed E-state index contributed by atoms with van der Waals surface area (Å²) in [5.74, 6) is -2.23. The van der Waals surface area contributed by atoms with Gasteiger partial charge in [-0.25, -0.2) is 4.39 Å². The van der Waals surface area contributed by atoms with Gasteiger partial charge in [0, 0.05) is 42.5 Å². The van der Waals surface area contributed by atoms with Crippen LogP contribution in [0.15, 0.2) is 42.5 Å². The molecule has 1 aliphatic rings. The maximum Gasteiger partial charge on any atom is 0.307 e. The van der Waals surface area contributed by atoms with E-state index in [-0.39, 0.29) is 49.0 Å². The van der Waals surface area contributed by atoms with E-state index < -0.39 is 11.9 Å². The Kier molecular flexibility index (Phi) is 5.59. The standard InChI is InChI=1S/C24H22FNO5/c1-31-19-4-5-20-21(12-19)14(10-23(20)28)8-18(27)9-15(24(29)30)7-17-6-13-2-3-16(25)11-22(13)26-17/h2-6,11-12,14-15,26H,7-10H2,1H3,(H,29,30)/t14?,15-/m0/s1. The zero-order valence-corrected chi connectivity index (χ0v) is 17.0. The third kappa shape index (κ3) is 4.35. The van der Waals surface area contributed by atoms with Crippen LogP contribution in [0.1, 0.15) is 46.8 Å². The number of rotatable bonds is 8. The smallest absolute Gasteiger partial charge is 0.307 e. The van der Waals surface area contributed by atoms with Gasteiger partial charge < -0.3 is 14.8 Å². The molecular formula is C24H22FNO5. The number of aliphatic carboxylic acids is 1. The number of hydrogen-bond acceptors (Lipinski definition) is 4. The van der Waals surface area contributed by atoms with Gasteiger partial charge in [-0.05, 0) is 59.3 Å². The Hall–Kier alpha value is -3.48. The van der Waals surface area contributed by atoms with E-state index in [0.717, 1.165) is 10.9 Å². The lowest BCUT2D eigenvalue weighted by Gasteiger charge is -2.14. The molecule has 7 heteroatoms. The lowest BCUT2D eigenvalue weighted by atomic mass is 9.90. The minimum Gasteiger partial charge on any atom is -0.497 e. The maximum atomic E-state index is 13.4. The summed E-state index contributed by atoms with van der Waals surface area (Å²) in [5, 5.41) is 10.4. The number of fused-ring (bicyclic) bond motifs is 2. The van der Waals surface area contributed by atoms with Crippen molar-refractivity contribution in [2.75, 3.05) is 7.11 Å². The molecule has 4 rings (SSSR count). The molecule has 3 aromatic rings. The number of hydrogen-bond donors (Lipinski definition) is 2. The van der Waals surface area contributed by atoms with Crippen molar-refractivity contribution in [1.82, 2.24) is 4.98 Å². The number of methoxy groups -OCH3 is 1. The van der Waals surface area contributed by atoms with Crippen molar-refractivity contribution in [3.05, 3.63) is 65.1 Å². The van der Waals surface area contributed by atoms with Crippen LogP contribution in [0.4, 0.5) is 4.39 Å². The summed E-state index contributed by atoms with van der Waals surface area (Å²) >= 11 is 0. The fourth-order valence-electron chi connectivity index (χ4n) is 4.30. The molecule has 0 radical (unpaired) electrons. The normalized spacial score (nSPS) is 16.3. The van der Waals surface area contributed by atoms with Crippen LogP contribution in [0, 0.1) is 11.7 Å². The van der Waals surface area contributed by atoms with Crippen LogP contribution in [-0.2, 0) is 16.0 Å². The summed E-state index contributed by atoms with van der Waals surface area (Å²) in [4.78, 5) is 39.8. The van der Waals surface area contributed by atoms with E-state index in [9.17, 15) is 23.9 Å². The van der Waals surface area contributed by atoms with Crippen LogP contribution in [0.3, 0.4) is 0 Å². The molecule has 1 heterocycles. The molecule has 1 unspecified atom stereocenters. The summed E-state index contributed by atoms with van der Waals surface area (Å²) in [6, 6.07) is 11.3. The number of carbonyl (C=O) groups is 3. The molecule has 0 saturated heterocycles. The van der Waals surface area contributed by atoms with Gasteiger partial charge in [-0.3, -0.25) is 14.4 Å². The van der Waals surface area contributed by atoms with Crippen molar-refractivity contribution in [3.8, 4) is 5.75 Å². The quantitative estimate of drug-likeness (QED) is 0.564. The molecule has 0 amide bonds. The van der Waals surface area contributed by atoms with E-state index in [1.165, 1.54) is 19.2 Å². The number of halogens is 1. The number of aromatic nitrogens is 1. The molecule has 160 valence electrons. The molecule has 1 aromatic heterocycles. The van der Waals surface area contributed by atoms with Gasteiger partial charge >= 0.3 is 5.97 Å². The highest BCUT2D eigenvalue weighted by atomic mass is 19.1. The van der Waals surface area contributed by atoms with Crippen molar-refractivity contribution < 1.29 is 28.6 Å². The monoisotopic (exact) mass is 423 g/mol. The third-order valence-corrected chi connectivity index (χ3v) is 5.83. The number of ketones is 2. The van der Waals surface area contributed by atoms with Gasteiger partial charge in [0.2, 0.25) is 0 Å². The number of nitrogens with one attached hydrogen (secondary N) is 1. The van der Waals surface area contributed by atoms with Crippen LogP contribution >= 0.6 is 0 Å². The summed E-state index contributed by atoms with van der Waals surface area (Å²) in [6.45, 7) is 0. The van der Waals surface area contributed by atoms with Crippen molar-refractivity contribution >= 4 is 28.4 Å². The fraction of sp³-hybridized carbons (Fsp3) is 0.292. The average molecular weight is 423 g/mol. The van der Waals surface area contributed by atoms with Crippen LogP contribution in [0.25, 0.3) is 10.9 Å². The number of Topliss-reactive ketones (excluding diaryl/α,β-unsaturated/α-hetero) is 2. The van der Waals surface area contributed by atoms with Crippen molar-refractivity contribution in [2.24, 2.45) is 5.92 Å². The van der Waals surface area contributed by atoms with Gasteiger partial charge in [0.15, 0.2) is 5.78 Å². The first-order valence-corrected chi connectivity index (χ1v) is 10.1. The Bertz CT molecular complexity index is 1180. The topological polar surface area (TPSA) is 96.5 Å². The number of aromatic amines is 1. The van der Waals surface area contributed by atoms with Crippen LogP contribution in [0.2, 0.25) is 0 Å². The van der Waals surface area contributed by atoms with Crippen molar-refractivity contribution in [3.63, 3.8) is 0 Å². The number of carbonyl (C=O) groups excluding carboxylic acids is 2. The Morgan fingerprint density at radius 1 is 1.23 bits per heavy atom. The zero-order chi connectivity index (χ0) is 22.1. The molecule has 0 bridgehead atoms. The van der Waals surface area contributed by atoms with E-state index >= 15 is 0 Å². The van der Waals surface area contributed by atoms with Crippen molar-refractivity contribution in [1.29, 1.82) is 0 Å². The minimum atomic E-state index is -1.07. The van der Waals surface area contributed by atoms with Gasteiger partial charge in [0.25, 0.3) is 0 Å². The molecule has 6 nitrogen and oxygen atoms in total. The van der Waals surface area contributed by atoms with Gasteiger partial charge in [-0.1, -0.05) is 0 Å². The predicted octanol–water partition coefficient (Wildman–Crippen LogP) is 4.28. The Balaban J connectivity index is 1.46. The second kappa shape index (κ2) is 8.34. The zero-order valence-electron chi connectivity index (χ0n) is 17.0. The van der Waals surface area contributed by atoms with E-state index in [1.807, 2.05) is 0 Å². The SMILES string of the molecule is COc1ccc2c(c1)C(CC(=O)C[C@H](Cc1cc3ccc(F)cc3[nH]1)C(=O)O)CC2=O. The first kappa shape index (κ1) is 20.8. The average Bonchev–Trinajstić information content (AvgIpc) is 3.26. The number of H-pyrrole nitrogens is 1. The Labute approximate surface area is 178 Å². The van der Waals surface area contributed by atoms with Gasteiger partial charge in [-0.2, -0.15) is 0 Å². The molecular weight excluding hydrogens is 401 g/mol. The first-order valence-electron chi connectivity index (χ1n) is 10.1. The molecule has 0 fully saturated rings. The van der Waals surface area contributed by atoms with Gasteiger partial charge in [0.05, 0.1) is 13.0 Å². The highest BCUT2D eigenvalue weighted by molar-refractivity contribution is 6.02. The lowest BCUT2D eigenvalue weighted by Crippen LogP contribution is -2.21. The minimum absolute atomic E-state index is 0.0180. The largest absolute Gasteiger partial charge is 0.497 e. The number of ether oxygens (including phenoxy) is 1. The number of carboxylic acids is 1. The van der Waals surface area contributed by atoms with Gasteiger partial charge in [0.1, 0.15) is 17.3 Å². The summed E-state index contributed by atoms with van der Waals surface area (Å²) in [7, 11) is 1.54. The molecule has 2 aromatic carbocycles. The Morgan fingerprint density at radius 2 is 2.03 bits per heavy atom. The summed E-state index contributed by atoms with van der Waals surface area (Å²) < 4.78 is 18.6. The number of benzene rings is 2. The second-order valence-electron chi connectivity index (χ2n) is 7.99. The highest BCUT2D eigenvalue weighted by Gasteiger charge is 2.32. The molecule has 0 aliphatic heterocycles. The highest BCUT2D eigenvalue weighted by Crippen LogP contribution is 2.38. The third-order valence-electron chi connectivity index (χ3n) is 5.83. The molecule has 0 saturated carbocycles. The van der Waals surface area contributed by atoms with Crippen molar-refractivity contribution in [2.45, 2.75) is 31.6 Å². The van der Waals surface area contributed by atoms with Crippen LogP contribution in [-0.4, -0.2) is 34.7 Å². The fourth-order valence-corrected chi connectivity index (χ4v) is 4.30. The summed E-state index contributed by atoms with van der Waals surface area (Å²) in [5.41, 5.74) is 2.59. The lowest BCUT2D eigenvalue weighted by molar-refractivity contribution is -0.143. The maximum absolute atomic E-state index is 13.4. The van der Waals surface area contributed by atoms with Crippen LogP contribution in [0.5, 0.6) is 5.75 Å². The van der Waals surface area contributed by atoms with E-state index in [2.05, 4.69) is 4.98 Å².